The van der Waals surface area contributed by atoms with Crippen molar-refractivity contribution in [1.82, 2.24) is 34.7 Å². The molecule has 5 aromatic rings. The van der Waals surface area contributed by atoms with Gasteiger partial charge in [-0.1, -0.05) is 31.2 Å². The first-order valence-corrected chi connectivity index (χ1v) is 19.1. The van der Waals surface area contributed by atoms with Crippen LogP contribution in [-0.2, 0) is 11.2 Å². The summed E-state index contributed by atoms with van der Waals surface area (Å²) in [6, 6.07) is 11.9. The van der Waals surface area contributed by atoms with Gasteiger partial charge in [-0.05, 0) is 74.2 Å². The third kappa shape index (κ3) is 6.89. The number of hydrogen-bond donors (Lipinski definition) is 0. The largest absolute Gasteiger partial charge is 0.461 e. The van der Waals surface area contributed by atoms with Crippen LogP contribution in [0.25, 0.3) is 39.0 Å². The van der Waals surface area contributed by atoms with E-state index in [0.29, 0.717) is 65.2 Å². The second-order valence-electron chi connectivity index (χ2n) is 15.0. The average Bonchev–Trinajstić information content (AvgIpc) is 3.71. The molecule has 0 N–H and O–H groups in total. The number of carbonyl (C=O) groups is 1. The highest BCUT2D eigenvalue weighted by Gasteiger charge is 2.49. The zero-order chi connectivity index (χ0) is 39.1. The molecular weight excluding hydrogens is 720 g/mol. The number of hydrogen-bond acceptors (Lipinski definition) is 10. The summed E-state index contributed by atoms with van der Waals surface area (Å²) in [4.78, 5) is 41.9. The quantitative estimate of drug-likeness (QED) is 0.150. The van der Waals surface area contributed by atoms with Gasteiger partial charge in [-0.2, -0.15) is 15.2 Å². The highest BCUT2D eigenvalue weighted by atomic mass is 19.1. The molecule has 8 rings (SSSR count). The van der Waals surface area contributed by atoms with Crippen LogP contribution in [0.15, 0.2) is 48.7 Å². The lowest BCUT2D eigenvalue weighted by molar-refractivity contribution is -0.128. The zero-order valence-corrected chi connectivity index (χ0v) is 31.6. The molecular formula is C42H42F3N9O2. The summed E-state index contributed by atoms with van der Waals surface area (Å²) in [5.41, 5.74) is 1.76. The number of alkyl halides is 1. The van der Waals surface area contributed by atoms with Crippen molar-refractivity contribution in [3.63, 3.8) is 0 Å². The average molecular weight is 762 g/mol. The summed E-state index contributed by atoms with van der Waals surface area (Å²) in [5, 5.41) is 11.5. The first-order chi connectivity index (χ1) is 27.1. The van der Waals surface area contributed by atoms with Crippen LogP contribution in [0.4, 0.5) is 19.0 Å². The Bertz CT molecular complexity index is 2400. The van der Waals surface area contributed by atoms with E-state index >= 15 is 8.78 Å². The first kappa shape index (κ1) is 37.3. The van der Waals surface area contributed by atoms with E-state index in [4.69, 9.17) is 9.72 Å². The van der Waals surface area contributed by atoms with Crippen molar-refractivity contribution in [3.8, 4) is 23.3 Å². The van der Waals surface area contributed by atoms with E-state index in [1.807, 2.05) is 24.8 Å². The van der Waals surface area contributed by atoms with Crippen molar-refractivity contribution in [2.45, 2.75) is 70.6 Å². The summed E-state index contributed by atoms with van der Waals surface area (Å²) in [6.45, 7) is 7.54. The monoisotopic (exact) mass is 761 g/mol. The van der Waals surface area contributed by atoms with E-state index in [9.17, 15) is 14.4 Å². The maximum atomic E-state index is 17.1. The number of aryl methyl sites for hydroxylation is 3. The van der Waals surface area contributed by atoms with Gasteiger partial charge < -0.3 is 14.5 Å². The molecule has 0 spiro atoms. The molecule has 0 aliphatic carbocycles. The van der Waals surface area contributed by atoms with Gasteiger partial charge in [0.25, 0.3) is 0 Å². The van der Waals surface area contributed by atoms with Crippen LogP contribution in [0.1, 0.15) is 55.4 Å². The third-order valence-electron chi connectivity index (χ3n) is 11.4. The van der Waals surface area contributed by atoms with Gasteiger partial charge in [0.05, 0.1) is 35.2 Å². The van der Waals surface area contributed by atoms with Crippen LogP contribution >= 0.6 is 0 Å². The number of piperazine rings is 1. The van der Waals surface area contributed by atoms with Crippen LogP contribution in [0, 0.1) is 36.8 Å². The van der Waals surface area contributed by atoms with Gasteiger partial charge in [0.1, 0.15) is 41.4 Å². The predicted molar refractivity (Wildman–Crippen MR) is 207 cm³/mol. The number of halogens is 3. The molecule has 3 aliphatic heterocycles. The Balaban J connectivity index is 1.17. The molecule has 0 unspecified atom stereocenters. The highest BCUT2D eigenvalue weighted by Crippen LogP contribution is 2.41. The number of ether oxygens (including phenoxy) is 1. The predicted octanol–water partition coefficient (Wildman–Crippen LogP) is 6.69. The van der Waals surface area contributed by atoms with Gasteiger partial charge in [-0.25, -0.2) is 23.1 Å². The smallest absolute Gasteiger partial charge is 0.319 e. The Kier molecular flexibility index (Phi) is 10.0. The van der Waals surface area contributed by atoms with Crippen molar-refractivity contribution in [3.05, 3.63) is 83.1 Å². The number of amides is 1. The maximum absolute atomic E-state index is 17.1. The van der Waals surface area contributed by atoms with Gasteiger partial charge in [0.15, 0.2) is 5.82 Å². The van der Waals surface area contributed by atoms with Gasteiger partial charge in [-0.3, -0.25) is 14.7 Å². The molecule has 6 heterocycles. The second kappa shape index (κ2) is 15.1. The third-order valence-corrected chi connectivity index (χ3v) is 11.4. The van der Waals surface area contributed by atoms with Crippen LogP contribution in [0.3, 0.4) is 0 Å². The van der Waals surface area contributed by atoms with E-state index in [1.165, 1.54) is 18.3 Å². The standard InChI is InChI=1S/C42H42F3N9O2/c1-4-31-34(44)11-9-27-7-5-8-32(36(27)31)38-37(45)39-33(21-47-38)40(51-41(50-39)56-24-42-14-6-16-53(42)22-28(43)20-42)52-17-18-54(30(23-52)13-15-46)35(55)12-10-29-19-25(2)48-26(3)49-29/h5,7-12,19,21,28,30H,4,6,13-14,16-18,20,22-24H2,1-3H3/b12-10+/t28-,30+,42+/m1/s1. The number of carbonyl (C=O) groups excluding carboxylic acids is 1. The lowest BCUT2D eigenvalue weighted by Gasteiger charge is -2.41. The lowest BCUT2D eigenvalue weighted by Crippen LogP contribution is -2.55. The van der Waals surface area contributed by atoms with Crippen molar-refractivity contribution in [2.24, 2.45) is 0 Å². The topological polar surface area (TPSA) is 124 Å². The number of pyridine rings is 1. The first-order valence-electron chi connectivity index (χ1n) is 19.1. The van der Waals surface area contributed by atoms with Crippen LogP contribution < -0.4 is 9.64 Å². The molecule has 14 heteroatoms. The SMILES string of the molecule is CCc1c(F)ccc2cccc(-c3ncc4c(N5CCN(C(=O)/C=C/c6cc(C)nc(C)n6)[C@@H](CC#N)C5)nc(OC[C@@]56CCCN5C[C@H](F)C6)nc4c3F)c12. The van der Waals surface area contributed by atoms with Gasteiger partial charge in [0.2, 0.25) is 5.91 Å². The van der Waals surface area contributed by atoms with Crippen LogP contribution in [0.5, 0.6) is 6.01 Å². The highest BCUT2D eigenvalue weighted by molar-refractivity contribution is 6.01. The maximum Gasteiger partial charge on any atom is 0.319 e. The van der Waals surface area contributed by atoms with Gasteiger partial charge in [-0.15, -0.1) is 0 Å². The number of nitrogens with zero attached hydrogens (tertiary/aromatic N) is 9. The molecule has 3 aliphatic rings. The summed E-state index contributed by atoms with van der Waals surface area (Å²) >= 11 is 0. The van der Waals surface area contributed by atoms with Crippen molar-refractivity contribution >= 4 is 39.5 Å². The fraction of sp³-hybridized carbons (Fsp3) is 0.405. The molecule has 56 heavy (non-hydrogen) atoms. The molecule has 288 valence electrons. The fourth-order valence-electron chi connectivity index (χ4n) is 8.84. The number of nitriles is 1. The van der Waals surface area contributed by atoms with Crippen molar-refractivity contribution in [1.29, 1.82) is 5.26 Å². The Hall–Kier alpha value is -5.68. The van der Waals surface area contributed by atoms with Crippen molar-refractivity contribution < 1.29 is 22.7 Å². The van der Waals surface area contributed by atoms with E-state index < -0.39 is 23.6 Å². The molecule has 2 aromatic carbocycles. The minimum atomic E-state index is -0.961. The Morgan fingerprint density at radius 3 is 2.75 bits per heavy atom. The molecule has 11 nitrogen and oxygen atoms in total. The number of fused-ring (bicyclic) bond motifs is 3. The van der Waals surface area contributed by atoms with E-state index in [0.717, 1.165) is 30.5 Å². The molecule has 1 amide bonds. The molecule has 0 radical (unpaired) electrons. The normalized spacial score (nSPS) is 21.3. The Labute approximate surface area is 322 Å². The lowest BCUT2D eigenvalue weighted by atomic mass is 9.95. The van der Waals surface area contributed by atoms with E-state index in [2.05, 4.69) is 30.9 Å². The molecule has 3 fully saturated rings. The Morgan fingerprint density at radius 1 is 1.09 bits per heavy atom. The summed E-state index contributed by atoms with van der Waals surface area (Å²) in [6.07, 6.45) is 6.12. The van der Waals surface area contributed by atoms with E-state index in [1.54, 1.807) is 42.2 Å². The summed E-state index contributed by atoms with van der Waals surface area (Å²) in [5.74, 6) is -0.430. The van der Waals surface area contributed by atoms with Crippen molar-refractivity contribution in [2.75, 3.05) is 44.2 Å². The summed E-state index contributed by atoms with van der Waals surface area (Å²) < 4.78 is 53.1. The number of rotatable bonds is 9. The number of aromatic nitrogens is 5. The molecule has 0 bridgehead atoms. The second-order valence-corrected chi connectivity index (χ2v) is 15.0. The minimum Gasteiger partial charge on any atom is -0.461 e. The molecule has 0 saturated carbocycles. The van der Waals surface area contributed by atoms with Crippen LogP contribution in [0.2, 0.25) is 0 Å². The molecule has 3 atom stereocenters. The van der Waals surface area contributed by atoms with Gasteiger partial charge >= 0.3 is 6.01 Å². The number of anilines is 1. The zero-order valence-electron chi connectivity index (χ0n) is 31.6. The molecule has 3 aromatic heterocycles. The Morgan fingerprint density at radius 2 is 1.95 bits per heavy atom. The van der Waals surface area contributed by atoms with Gasteiger partial charge in [0, 0.05) is 56.1 Å². The fourth-order valence-corrected chi connectivity index (χ4v) is 8.84. The molecule has 3 saturated heterocycles. The van der Waals surface area contributed by atoms with Crippen LogP contribution in [-0.4, -0.2) is 97.7 Å². The summed E-state index contributed by atoms with van der Waals surface area (Å²) in [7, 11) is 0. The number of benzene rings is 2. The minimum absolute atomic E-state index is 0.00857. The van der Waals surface area contributed by atoms with E-state index in [-0.39, 0.29) is 55.1 Å².